The zero-order chi connectivity index (χ0) is 11.3. The van der Waals surface area contributed by atoms with Crippen molar-refractivity contribution in [3.05, 3.63) is 12.4 Å². The van der Waals surface area contributed by atoms with Crippen molar-refractivity contribution in [1.29, 1.82) is 0 Å². The molecule has 0 fully saturated rings. The summed E-state index contributed by atoms with van der Waals surface area (Å²) in [6.45, 7) is 4.03. The smallest absolute Gasteiger partial charge is 0.240 e. The molecule has 1 atom stereocenters. The lowest BCUT2D eigenvalue weighted by molar-refractivity contribution is -0.120. The Morgan fingerprint density at radius 1 is 1.73 bits per heavy atom. The summed E-state index contributed by atoms with van der Waals surface area (Å²) in [5, 5.41) is 0. The molecule has 1 rings (SSSR count). The van der Waals surface area contributed by atoms with Gasteiger partial charge in [-0.1, -0.05) is 6.92 Å². The van der Waals surface area contributed by atoms with E-state index in [4.69, 9.17) is 0 Å². The standard InChI is InChI=1S/C10H14N3O2/c1-3-6-13(9(15)8(2)7-14)10-11-4-5-12-10/h4-5,8H,3,6H2,1-2H3,(H,11,12). The minimum atomic E-state index is -0.748. The van der Waals surface area contributed by atoms with Gasteiger partial charge in [-0.05, 0) is 13.3 Å². The van der Waals surface area contributed by atoms with Crippen LogP contribution in [-0.4, -0.2) is 28.7 Å². The van der Waals surface area contributed by atoms with E-state index in [1.54, 1.807) is 18.7 Å². The topological polar surface area (TPSA) is 66.1 Å². The third kappa shape index (κ3) is 2.65. The van der Waals surface area contributed by atoms with Gasteiger partial charge in [-0.15, -0.1) is 0 Å². The highest BCUT2D eigenvalue weighted by Gasteiger charge is 2.22. The van der Waals surface area contributed by atoms with Crippen molar-refractivity contribution < 1.29 is 9.59 Å². The Bertz CT molecular complexity index is 321. The molecule has 1 radical (unpaired) electrons. The minimum absolute atomic E-state index is 0.276. The fourth-order valence-electron chi connectivity index (χ4n) is 1.23. The van der Waals surface area contributed by atoms with Gasteiger partial charge < -0.3 is 4.98 Å². The molecule has 81 valence electrons. The molecule has 1 N–H and O–H groups in total. The molecule has 15 heavy (non-hydrogen) atoms. The van der Waals surface area contributed by atoms with Crippen LogP contribution in [0.25, 0.3) is 0 Å². The maximum Gasteiger partial charge on any atom is 0.240 e. The van der Waals surface area contributed by atoms with E-state index in [1.165, 1.54) is 11.8 Å². The maximum absolute atomic E-state index is 11.8. The average molecular weight is 208 g/mol. The number of hydrogen-bond acceptors (Lipinski definition) is 3. The highest BCUT2D eigenvalue weighted by atomic mass is 16.2. The van der Waals surface area contributed by atoms with Gasteiger partial charge in [0, 0.05) is 18.9 Å². The number of imidazole rings is 1. The van der Waals surface area contributed by atoms with Crippen LogP contribution in [0.15, 0.2) is 12.4 Å². The summed E-state index contributed by atoms with van der Waals surface area (Å²) in [4.78, 5) is 30.5. The summed E-state index contributed by atoms with van der Waals surface area (Å²) in [6, 6.07) is 0. The Morgan fingerprint density at radius 2 is 2.47 bits per heavy atom. The van der Waals surface area contributed by atoms with Gasteiger partial charge in [0.25, 0.3) is 0 Å². The molecule has 0 aliphatic rings. The Balaban J connectivity index is 2.83. The second kappa shape index (κ2) is 5.29. The number of amides is 1. The van der Waals surface area contributed by atoms with E-state index in [-0.39, 0.29) is 5.91 Å². The third-order valence-corrected chi connectivity index (χ3v) is 2.00. The zero-order valence-corrected chi connectivity index (χ0v) is 8.86. The van der Waals surface area contributed by atoms with Crippen LogP contribution in [0.1, 0.15) is 20.3 Å². The summed E-state index contributed by atoms with van der Waals surface area (Å²) in [6.07, 6.45) is 5.70. The van der Waals surface area contributed by atoms with Crippen molar-refractivity contribution in [2.45, 2.75) is 20.3 Å². The molecule has 1 unspecified atom stereocenters. The Labute approximate surface area is 88.5 Å². The van der Waals surface area contributed by atoms with Crippen LogP contribution in [0.3, 0.4) is 0 Å². The van der Waals surface area contributed by atoms with E-state index in [0.29, 0.717) is 12.5 Å². The fourth-order valence-corrected chi connectivity index (χ4v) is 1.23. The lowest BCUT2D eigenvalue weighted by Crippen LogP contribution is -2.37. The van der Waals surface area contributed by atoms with Gasteiger partial charge in [0.1, 0.15) is 5.92 Å². The number of nitrogens with zero attached hydrogens (tertiary/aromatic N) is 2. The van der Waals surface area contributed by atoms with Crippen molar-refractivity contribution in [1.82, 2.24) is 9.97 Å². The molecule has 1 aromatic rings. The van der Waals surface area contributed by atoms with Crippen LogP contribution >= 0.6 is 0 Å². The van der Waals surface area contributed by atoms with Gasteiger partial charge in [0.05, 0.1) is 0 Å². The molecule has 0 bridgehead atoms. The van der Waals surface area contributed by atoms with Gasteiger partial charge in [-0.25, -0.2) is 4.98 Å². The highest BCUT2D eigenvalue weighted by Crippen LogP contribution is 2.10. The van der Waals surface area contributed by atoms with Crippen molar-refractivity contribution in [3.63, 3.8) is 0 Å². The normalized spacial score (nSPS) is 12.1. The summed E-state index contributed by atoms with van der Waals surface area (Å²) in [5.41, 5.74) is 0. The monoisotopic (exact) mass is 208 g/mol. The molecule has 0 aromatic carbocycles. The van der Waals surface area contributed by atoms with Gasteiger partial charge in [0.15, 0.2) is 0 Å². The number of aromatic amines is 1. The van der Waals surface area contributed by atoms with E-state index >= 15 is 0 Å². The first-order chi connectivity index (χ1) is 7.20. The molecule has 1 amide bonds. The van der Waals surface area contributed by atoms with Crippen molar-refractivity contribution in [2.24, 2.45) is 5.92 Å². The first kappa shape index (κ1) is 11.4. The molecule has 0 aliphatic carbocycles. The van der Waals surface area contributed by atoms with Crippen molar-refractivity contribution in [3.8, 4) is 0 Å². The Hall–Kier alpha value is -1.65. The number of H-pyrrole nitrogens is 1. The molecule has 1 heterocycles. The van der Waals surface area contributed by atoms with Crippen LogP contribution < -0.4 is 4.90 Å². The average Bonchev–Trinajstić information content (AvgIpc) is 2.77. The third-order valence-electron chi connectivity index (χ3n) is 2.00. The SMILES string of the molecule is CCCN(C(=O)C(C)[C]=O)c1ncc[nH]1. The number of aromatic nitrogens is 2. The first-order valence-corrected chi connectivity index (χ1v) is 4.89. The predicted octanol–water partition coefficient (Wildman–Crippen LogP) is 0.898. The molecule has 0 saturated heterocycles. The molecule has 5 nitrogen and oxygen atoms in total. The summed E-state index contributed by atoms with van der Waals surface area (Å²) in [7, 11) is 0. The Kier molecular flexibility index (Phi) is 4.03. The van der Waals surface area contributed by atoms with Crippen LogP contribution in [0.2, 0.25) is 0 Å². The Morgan fingerprint density at radius 3 is 2.93 bits per heavy atom. The van der Waals surface area contributed by atoms with Crippen LogP contribution in [0, 0.1) is 5.92 Å². The molecule has 1 aromatic heterocycles. The first-order valence-electron chi connectivity index (χ1n) is 4.89. The number of carbonyl (C=O) groups is 1. The number of anilines is 1. The van der Waals surface area contributed by atoms with E-state index in [1.807, 2.05) is 6.92 Å². The number of nitrogens with one attached hydrogen (secondary N) is 1. The summed E-state index contributed by atoms with van der Waals surface area (Å²) >= 11 is 0. The van der Waals surface area contributed by atoms with Crippen LogP contribution in [-0.2, 0) is 9.59 Å². The molecular weight excluding hydrogens is 194 g/mol. The van der Waals surface area contributed by atoms with Gasteiger partial charge >= 0.3 is 0 Å². The van der Waals surface area contributed by atoms with E-state index in [0.717, 1.165) is 6.42 Å². The number of carbonyl (C=O) groups excluding carboxylic acids is 2. The molecular formula is C10H14N3O2. The van der Waals surface area contributed by atoms with E-state index < -0.39 is 5.92 Å². The van der Waals surface area contributed by atoms with Crippen molar-refractivity contribution in [2.75, 3.05) is 11.4 Å². The molecule has 5 heteroatoms. The minimum Gasteiger partial charge on any atom is -0.331 e. The lowest BCUT2D eigenvalue weighted by Gasteiger charge is -2.20. The van der Waals surface area contributed by atoms with Crippen LogP contribution in [0.4, 0.5) is 5.95 Å². The quantitative estimate of drug-likeness (QED) is 0.731. The van der Waals surface area contributed by atoms with Gasteiger partial charge in [0.2, 0.25) is 18.1 Å². The molecule has 0 aliphatic heterocycles. The fraction of sp³-hybridized carbons (Fsp3) is 0.500. The summed E-state index contributed by atoms with van der Waals surface area (Å²) < 4.78 is 0. The molecule has 0 saturated carbocycles. The number of hydrogen-bond donors (Lipinski definition) is 1. The zero-order valence-electron chi connectivity index (χ0n) is 8.86. The maximum atomic E-state index is 11.8. The van der Waals surface area contributed by atoms with E-state index in [9.17, 15) is 9.59 Å². The highest BCUT2D eigenvalue weighted by molar-refractivity contribution is 6.01. The van der Waals surface area contributed by atoms with Crippen LogP contribution in [0.5, 0.6) is 0 Å². The van der Waals surface area contributed by atoms with Gasteiger partial charge in [-0.3, -0.25) is 14.5 Å². The largest absolute Gasteiger partial charge is 0.331 e. The second-order valence-electron chi connectivity index (χ2n) is 3.24. The van der Waals surface area contributed by atoms with Gasteiger partial charge in [-0.2, -0.15) is 0 Å². The summed E-state index contributed by atoms with van der Waals surface area (Å²) in [5.74, 6) is -0.549. The number of rotatable bonds is 5. The van der Waals surface area contributed by atoms with E-state index in [2.05, 4.69) is 9.97 Å². The second-order valence-corrected chi connectivity index (χ2v) is 3.24. The van der Waals surface area contributed by atoms with Crippen molar-refractivity contribution >= 4 is 18.1 Å². The lowest BCUT2D eigenvalue weighted by atomic mass is 10.2. The molecule has 0 spiro atoms. The predicted molar refractivity (Wildman–Crippen MR) is 56.1 cm³/mol.